The van der Waals surface area contributed by atoms with Crippen LogP contribution in [0, 0.1) is 12.3 Å². The molecule has 0 aromatic heterocycles. The van der Waals surface area contributed by atoms with Crippen LogP contribution in [-0.4, -0.2) is 78.4 Å². The lowest BCUT2D eigenvalue weighted by atomic mass is 9.87. The smallest absolute Gasteiger partial charge is 0.330 e. The molecule has 1 saturated heterocycles. The minimum Gasteiger partial charge on any atom is -0.496 e. The van der Waals surface area contributed by atoms with Gasteiger partial charge in [0.15, 0.2) is 6.29 Å². The fourth-order valence-corrected chi connectivity index (χ4v) is 5.46. The number of aliphatic hydroxyl groups is 1. The summed E-state index contributed by atoms with van der Waals surface area (Å²) in [6.45, 7) is 13.6. The molecular weight excluding hydrogens is 630 g/mol. The number of likely N-dealkylation sites (tertiary alicyclic amines) is 1. The zero-order valence-corrected chi connectivity index (χ0v) is 29.8. The van der Waals surface area contributed by atoms with Gasteiger partial charge >= 0.3 is 11.9 Å². The number of piperidine rings is 1. The summed E-state index contributed by atoms with van der Waals surface area (Å²) in [5.74, 6) is -1.71. The first-order chi connectivity index (χ1) is 23.0. The molecule has 1 aliphatic rings. The van der Waals surface area contributed by atoms with E-state index in [-0.39, 0.29) is 19.8 Å². The zero-order valence-electron chi connectivity index (χ0n) is 29.8. The van der Waals surface area contributed by atoms with Crippen LogP contribution in [0.15, 0.2) is 55.1 Å². The van der Waals surface area contributed by atoms with Gasteiger partial charge in [-0.15, -0.1) is 0 Å². The highest BCUT2D eigenvalue weighted by Gasteiger charge is 2.42. The molecule has 0 spiro atoms. The summed E-state index contributed by atoms with van der Waals surface area (Å²) in [7, 11) is 1.61. The first-order valence-corrected chi connectivity index (χ1v) is 16.6. The third-order valence-electron chi connectivity index (χ3n) is 8.12. The van der Waals surface area contributed by atoms with Gasteiger partial charge in [0.05, 0.1) is 18.1 Å². The average molecular weight is 682 g/mol. The lowest BCUT2D eigenvalue weighted by molar-refractivity contribution is -0.178. The molecule has 3 atom stereocenters. The molecule has 11 nitrogen and oxygen atoms in total. The summed E-state index contributed by atoms with van der Waals surface area (Å²) >= 11 is 0. The molecule has 1 N–H and O–H groups in total. The number of nitrogens with zero attached hydrogens (tertiary/aromatic N) is 1. The van der Waals surface area contributed by atoms with Crippen molar-refractivity contribution in [3.63, 3.8) is 0 Å². The maximum atomic E-state index is 13.9. The SMILES string of the molecule is C=CC(=O)OCC(C)(C)C(=O)C(=O)N1CCCC[C@H]1C(=O)O[C@H](CCc1ccc(C)c(OC)c1)c1cccc(OCC(O)OC(C)(C)C)c1. The Bertz CT molecular complexity index is 1480. The molecule has 0 bridgehead atoms. The molecule has 0 saturated carbocycles. The van der Waals surface area contributed by atoms with Crippen molar-refractivity contribution in [3.8, 4) is 11.5 Å². The molecule has 0 radical (unpaired) electrons. The second kappa shape index (κ2) is 17.4. The number of methoxy groups -OCH3 is 1. The van der Waals surface area contributed by atoms with Gasteiger partial charge in [0.1, 0.15) is 36.9 Å². The summed E-state index contributed by atoms with van der Waals surface area (Å²) in [6, 6.07) is 12.0. The predicted octanol–water partition coefficient (Wildman–Crippen LogP) is 5.44. The molecule has 11 heteroatoms. The van der Waals surface area contributed by atoms with E-state index in [1.165, 1.54) is 18.7 Å². The first-order valence-electron chi connectivity index (χ1n) is 16.6. The second-order valence-electron chi connectivity index (χ2n) is 13.9. The van der Waals surface area contributed by atoms with Crippen molar-refractivity contribution in [1.29, 1.82) is 0 Å². The van der Waals surface area contributed by atoms with E-state index in [0.717, 1.165) is 23.0 Å². The van der Waals surface area contributed by atoms with E-state index in [0.29, 0.717) is 43.4 Å². The van der Waals surface area contributed by atoms with Crippen molar-refractivity contribution in [2.24, 2.45) is 5.41 Å². The Hall–Kier alpha value is -4.22. The standard InChI is InChI=1S/C38H51NO10/c1-9-32(40)47-24-38(6,7)34(42)35(43)39-20-11-10-15-29(39)36(44)48-30(19-18-26-17-16-25(2)31(21-26)45-8)27-13-12-14-28(22-27)46-23-33(41)49-37(3,4)5/h9,12-14,16-17,21-22,29-30,33,41H,1,10-11,15,18-20,23-24H2,2-8H3/t29-,30+,33?/m0/s1. The van der Waals surface area contributed by atoms with Crippen LogP contribution < -0.4 is 9.47 Å². The van der Waals surface area contributed by atoms with Gasteiger partial charge in [0.25, 0.3) is 5.91 Å². The average Bonchev–Trinajstić information content (AvgIpc) is 3.07. The van der Waals surface area contributed by atoms with Gasteiger partial charge in [-0.25, -0.2) is 9.59 Å². The topological polar surface area (TPSA) is 138 Å². The van der Waals surface area contributed by atoms with Gasteiger partial charge in [-0.2, -0.15) is 0 Å². The van der Waals surface area contributed by atoms with Crippen LogP contribution in [0.2, 0.25) is 0 Å². The Kier molecular flexibility index (Phi) is 14.0. The van der Waals surface area contributed by atoms with Crippen LogP contribution >= 0.6 is 0 Å². The zero-order chi connectivity index (χ0) is 36.4. The highest BCUT2D eigenvalue weighted by molar-refractivity contribution is 6.38. The van der Waals surface area contributed by atoms with Crippen LogP contribution in [0.1, 0.15) is 83.1 Å². The van der Waals surface area contributed by atoms with Crippen molar-refractivity contribution in [2.75, 3.05) is 26.9 Å². The van der Waals surface area contributed by atoms with Gasteiger partial charge in [-0.3, -0.25) is 9.59 Å². The van der Waals surface area contributed by atoms with E-state index in [4.69, 9.17) is 23.7 Å². The third kappa shape index (κ3) is 11.7. The number of amides is 1. The molecule has 1 amide bonds. The molecule has 49 heavy (non-hydrogen) atoms. The first kappa shape index (κ1) is 39.2. The summed E-state index contributed by atoms with van der Waals surface area (Å²) < 4.78 is 28.1. The minimum atomic E-state index is -1.31. The van der Waals surface area contributed by atoms with Gasteiger partial charge < -0.3 is 33.7 Å². The number of ketones is 1. The highest BCUT2D eigenvalue weighted by atomic mass is 16.6. The molecule has 1 aliphatic heterocycles. The molecule has 0 aliphatic carbocycles. The quantitative estimate of drug-likeness (QED) is 0.106. The van der Waals surface area contributed by atoms with Crippen LogP contribution in [0.3, 0.4) is 0 Å². The minimum absolute atomic E-state index is 0.106. The molecule has 2 aromatic carbocycles. The number of hydrogen-bond donors (Lipinski definition) is 1. The Morgan fingerprint density at radius 1 is 1.06 bits per heavy atom. The van der Waals surface area contributed by atoms with Gasteiger partial charge in [-0.05, 0) is 109 Å². The number of carbonyl (C=O) groups is 4. The summed E-state index contributed by atoms with van der Waals surface area (Å²) in [6.07, 6.45) is 1.68. The van der Waals surface area contributed by atoms with E-state index in [2.05, 4.69) is 6.58 Å². The Labute approximate surface area is 289 Å². The second-order valence-corrected chi connectivity index (χ2v) is 13.9. The third-order valence-corrected chi connectivity index (χ3v) is 8.12. The number of ether oxygens (including phenoxy) is 5. The monoisotopic (exact) mass is 681 g/mol. The fraction of sp³-hybridized carbons (Fsp3) is 0.526. The lowest BCUT2D eigenvalue weighted by Gasteiger charge is -2.36. The molecule has 1 unspecified atom stereocenters. The van der Waals surface area contributed by atoms with Crippen molar-refractivity contribution >= 4 is 23.6 Å². The fourth-order valence-electron chi connectivity index (χ4n) is 5.46. The summed E-state index contributed by atoms with van der Waals surface area (Å²) in [4.78, 5) is 53.6. The molecule has 1 heterocycles. The molecule has 3 rings (SSSR count). The van der Waals surface area contributed by atoms with Crippen molar-refractivity contribution in [3.05, 3.63) is 71.8 Å². The van der Waals surface area contributed by atoms with Crippen LogP contribution in [0.5, 0.6) is 11.5 Å². The summed E-state index contributed by atoms with van der Waals surface area (Å²) in [5.41, 5.74) is 0.764. The molecule has 268 valence electrons. The Morgan fingerprint density at radius 3 is 2.47 bits per heavy atom. The van der Waals surface area contributed by atoms with Crippen molar-refractivity contribution < 1.29 is 48.0 Å². The normalized spacial score (nSPS) is 16.2. The van der Waals surface area contributed by atoms with E-state index in [9.17, 15) is 24.3 Å². The number of carbonyl (C=O) groups excluding carboxylic acids is 4. The number of esters is 2. The largest absolute Gasteiger partial charge is 0.496 e. The maximum absolute atomic E-state index is 13.9. The number of benzene rings is 2. The van der Waals surface area contributed by atoms with Gasteiger partial charge in [-0.1, -0.05) is 30.8 Å². The van der Waals surface area contributed by atoms with Crippen LogP contribution in [0.25, 0.3) is 0 Å². The van der Waals surface area contributed by atoms with Gasteiger partial charge in [0, 0.05) is 12.6 Å². The maximum Gasteiger partial charge on any atom is 0.330 e. The predicted molar refractivity (Wildman–Crippen MR) is 183 cm³/mol. The van der Waals surface area contributed by atoms with Crippen molar-refractivity contribution in [1.82, 2.24) is 4.90 Å². The number of Topliss-reactive ketones (excluding diaryl/α,β-unsaturated/α-hetero) is 1. The Balaban J connectivity index is 1.84. The van der Waals surface area contributed by atoms with E-state index >= 15 is 0 Å². The number of rotatable bonds is 16. The number of aliphatic hydroxyl groups excluding tert-OH is 1. The Morgan fingerprint density at radius 2 is 1.80 bits per heavy atom. The highest BCUT2D eigenvalue weighted by Crippen LogP contribution is 2.31. The molecule has 2 aromatic rings. The lowest BCUT2D eigenvalue weighted by Crippen LogP contribution is -2.53. The molecule has 1 fully saturated rings. The molecular formula is C38H51NO10. The van der Waals surface area contributed by atoms with Gasteiger partial charge in [0.2, 0.25) is 5.78 Å². The van der Waals surface area contributed by atoms with E-state index in [1.807, 2.05) is 52.0 Å². The summed E-state index contributed by atoms with van der Waals surface area (Å²) in [5, 5.41) is 10.3. The number of aryl methyl sites for hydroxylation is 2. The number of hydrogen-bond acceptors (Lipinski definition) is 10. The van der Waals surface area contributed by atoms with E-state index < -0.39 is 53.1 Å². The van der Waals surface area contributed by atoms with Crippen molar-refractivity contribution in [2.45, 2.75) is 97.7 Å². The van der Waals surface area contributed by atoms with E-state index in [1.54, 1.807) is 25.3 Å². The van der Waals surface area contributed by atoms with Crippen LogP contribution in [0.4, 0.5) is 0 Å². The van der Waals surface area contributed by atoms with Crippen LogP contribution in [-0.2, 0) is 39.8 Å².